The molecule has 3 rings (SSSR count). The van der Waals surface area contributed by atoms with Gasteiger partial charge in [-0.2, -0.15) is 8.42 Å². The van der Waals surface area contributed by atoms with Crippen LogP contribution in [0, 0.1) is 6.92 Å². The van der Waals surface area contributed by atoms with Gasteiger partial charge in [0.1, 0.15) is 0 Å². The van der Waals surface area contributed by atoms with E-state index < -0.39 is 20.1 Å². The molecular weight excluding hydrogens is 466 g/mol. The fourth-order valence-electron chi connectivity index (χ4n) is 2.96. The molecule has 28 heavy (non-hydrogen) atoms. The minimum absolute atomic E-state index is 0.00533. The van der Waals surface area contributed by atoms with Gasteiger partial charge in [0.05, 0.1) is 23.3 Å². The first-order valence-corrected chi connectivity index (χ1v) is 12.6. The summed E-state index contributed by atoms with van der Waals surface area (Å²) in [6.45, 7) is 1.89. The molecule has 0 amide bonds. The Balaban J connectivity index is 2.04. The second kappa shape index (κ2) is 7.98. The maximum absolute atomic E-state index is 13.3. The molecule has 0 fully saturated rings. The standard InChI is InChI=1S/C19H20BrNO5S2/c1-14-5-8-18(9-6-14)28(24,25)21-17(4-3-11-26-27(2,22)23)13-15-12-16(20)7-10-19(15)21/h5-10,12-13H,3-4,11H2,1-2H3. The van der Waals surface area contributed by atoms with E-state index in [9.17, 15) is 16.8 Å². The lowest BCUT2D eigenvalue weighted by molar-refractivity contribution is 0.315. The summed E-state index contributed by atoms with van der Waals surface area (Å²) in [5.74, 6) is 0. The molecule has 6 nitrogen and oxygen atoms in total. The molecule has 0 unspecified atom stereocenters. The highest BCUT2D eigenvalue weighted by atomic mass is 79.9. The number of rotatable bonds is 7. The van der Waals surface area contributed by atoms with Crippen molar-refractivity contribution in [3.05, 3.63) is 64.3 Å². The molecule has 0 aliphatic rings. The zero-order valence-electron chi connectivity index (χ0n) is 15.4. The lowest BCUT2D eigenvalue weighted by Crippen LogP contribution is -2.16. The molecule has 1 aromatic heterocycles. The lowest BCUT2D eigenvalue weighted by Gasteiger charge is -2.12. The summed E-state index contributed by atoms with van der Waals surface area (Å²) < 4.78 is 55.9. The number of nitrogens with zero attached hydrogens (tertiary/aromatic N) is 1. The van der Waals surface area contributed by atoms with Crippen LogP contribution in [-0.4, -0.2) is 33.7 Å². The molecule has 0 saturated heterocycles. The van der Waals surface area contributed by atoms with Crippen LogP contribution in [0.5, 0.6) is 0 Å². The van der Waals surface area contributed by atoms with E-state index in [1.807, 2.05) is 19.1 Å². The Hall–Kier alpha value is -1.68. The maximum Gasteiger partial charge on any atom is 0.268 e. The first-order valence-electron chi connectivity index (χ1n) is 8.54. The Morgan fingerprint density at radius 1 is 1.00 bits per heavy atom. The molecule has 9 heteroatoms. The summed E-state index contributed by atoms with van der Waals surface area (Å²) in [6, 6.07) is 13.9. The van der Waals surface area contributed by atoms with Crippen molar-refractivity contribution in [2.75, 3.05) is 12.9 Å². The molecule has 150 valence electrons. The molecule has 2 aromatic carbocycles. The third-order valence-electron chi connectivity index (χ3n) is 4.23. The number of hydrogen-bond donors (Lipinski definition) is 0. The van der Waals surface area contributed by atoms with Gasteiger partial charge < -0.3 is 0 Å². The second-order valence-electron chi connectivity index (χ2n) is 6.55. The van der Waals surface area contributed by atoms with Crippen molar-refractivity contribution in [3.8, 4) is 0 Å². The zero-order chi connectivity index (χ0) is 20.5. The second-order valence-corrected chi connectivity index (χ2v) is 10.9. The molecule has 3 aromatic rings. The number of aryl methyl sites for hydroxylation is 2. The predicted molar refractivity (Wildman–Crippen MR) is 113 cm³/mol. The van der Waals surface area contributed by atoms with Crippen LogP contribution < -0.4 is 0 Å². The van der Waals surface area contributed by atoms with E-state index in [4.69, 9.17) is 4.18 Å². The molecule has 0 bridgehead atoms. The van der Waals surface area contributed by atoms with Crippen molar-refractivity contribution in [2.24, 2.45) is 0 Å². The van der Waals surface area contributed by atoms with Crippen LogP contribution in [-0.2, 0) is 30.7 Å². The molecule has 0 saturated carbocycles. The Labute approximate surface area is 173 Å². The van der Waals surface area contributed by atoms with Crippen molar-refractivity contribution in [2.45, 2.75) is 24.7 Å². The van der Waals surface area contributed by atoms with Crippen LogP contribution in [0.2, 0.25) is 0 Å². The molecule has 1 heterocycles. The molecule has 0 spiro atoms. The van der Waals surface area contributed by atoms with Crippen LogP contribution in [0.25, 0.3) is 10.9 Å². The van der Waals surface area contributed by atoms with Gasteiger partial charge in [0.2, 0.25) is 0 Å². The van der Waals surface area contributed by atoms with Crippen molar-refractivity contribution >= 4 is 47.0 Å². The first kappa shape index (κ1) is 21.0. The van der Waals surface area contributed by atoms with Gasteiger partial charge in [-0.1, -0.05) is 33.6 Å². The van der Waals surface area contributed by atoms with E-state index in [2.05, 4.69) is 15.9 Å². The van der Waals surface area contributed by atoms with Gasteiger partial charge in [0.25, 0.3) is 20.1 Å². The summed E-state index contributed by atoms with van der Waals surface area (Å²) in [5.41, 5.74) is 2.12. The van der Waals surface area contributed by atoms with Crippen molar-refractivity contribution < 1.29 is 21.0 Å². The highest BCUT2D eigenvalue weighted by molar-refractivity contribution is 9.10. The Morgan fingerprint density at radius 2 is 1.68 bits per heavy atom. The van der Waals surface area contributed by atoms with E-state index in [0.717, 1.165) is 21.7 Å². The monoisotopic (exact) mass is 485 g/mol. The predicted octanol–water partition coefficient (Wildman–Crippen LogP) is 3.86. The highest BCUT2D eigenvalue weighted by Crippen LogP contribution is 2.29. The third kappa shape index (κ3) is 4.65. The van der Waals surface area contributed by atoms with Gasteiger partial charge in [-0.05, 0) is 56.2 Å². The fraction of sp³-hybridized carbons (Fsp3) is 0.263. The van der Waals surface area contributed by atoms with E-state index >= 15 is 0 Å². The normalized spacial score (nSPS) is 12.5. The topological polar surface area (TPSA) is 82.4 Å². The summed E-state index contributed by atoms with van der Waals surface area (Å²) >= 11 is 3.41. The van der Waals surface area contributed by atoms with Gasteiger partial charge in [-0.3, -0.25) is 4.18 Å². The number of fused-ring (bicyclic) bond motifs is 1. The van der Waals surface area contributed by atoms with Crippen LogP contribution in [0.15, 0.2) is 57.9 Å². The number of benzene rings is 2. The molecule has 0 aliphatic carbocycles. The minimum atomic E-state index is -3.81. The summed E-state index contributed by atoms with van der Waals surface area (Å²) in [7, 11) is -7.33. The first-order chi connectivity index (χ1) is 13.1. The highest BCUT2D eigenvalue weighted by Gasteiger charge is 2.23. The van der Waals surface area contributed by atoms with E-state index in [-0.39, 0.29) is 11.5 Å². The third-order valence-corrected chi connectivity index (χ3v) is 7.09. The molecule has 0 atom stereocenters. The van der Waals surface area contributed by atoms with Gasteiger partial charge in [-0.25, -0.2) is 12.4 Å². The number of aromatic nitrogens is 1. The summed E-state index contributed by atoms with van der Waals surface area (Å²) in [4.78, 5) is 0.201. The Kier molecular flexibility index (Phi) is 6.00. The molecule has 0 N–H and O–H groups in total. The van der Waals surface area contributed by atoms with Gasteiger partial charge in [0, 0.05) is 15.6 Å². The molecule has 0 radical (unpaired) electrons. The van der Waals surface area contributed by atoms with Gasteiger partial charge >= 0.3 is 0 Å². The van der Waals surface area contributed by atoms with Crippen molar-refractivity contribution in [3.63, 3.8) is 0 Å². The number of halogens is 1. The zero-order valence-corrected chi connectivity index (χ0v) is 18.6. The van der Waals surface area contributed by atoms with Crippen LogP contribution >= 0.6 is 15.9 Å². The largest absolute Gasteiger partial charge is 0.270 e. The fourth-order valence-corrected chi connectivity index (χ4v) is 5.32. The Bertz CT molecular complexity index is 1210. The molecular formula is C19H20BrNO5S2. The SMILES string of the molecule is Cc1ccc(S(=O)(=O)n2c(CCCOS(C)(=O)=O)cc3cc(Br)ccc32)cc1. The van der Waals surface area contributed by atoms with E-state index in [1.165, 1.54) is 3.97 Å². The Morgan fingerprint density at radius 3 is 2.32 bits per heavy atom. The van der Waals surface area contributed by atoms with Crippen LogP contribution in [0.1, 0.15) is 17.7 Å². The number of hydrogen-bond acceptors (Lipinski definition) is 5. The smallest absolute Gasteiger partial charge is 0.268 e. The lowest BCUT2D eigenvalue weighted by atomic mass is 10.2. The van der Waals surface area contributed by atoms with Gasteiger partial charge in [-0.15, -0.1) is 0 Å². The van der Waals surface area contributed by atoms with Gasteiger partial charge in [0.15, 0.2) is 0 Å². The summed E-state index contributed by atoms with van der Waals surface area (Å²) in [6.07, 6.45) is 1.71. The quantitative estimate of drug-likeness (QED) is 0.374. The maximum atomic E-state index is 13.3. The average molecular weight is 486 g/mol. The van der Waals surface area contributed by atoms with Crippen LogP contribution in [0.3, 0.4) is 0 Å². The van der Waals surface area contributed by atoms with Crippen LogP contribution in [0.4, 0.5) is 0 Å². The average Bonchev–Trinajstić information content (AvgIpc) is 2.96. The van der Waals surface area contributed by atoms with E-state index in [0.29, 0.717) is 24.1 Å². The molecule has 0 aliphatic heterocycles. The minimum Gasteiger partial charge on any atom is -0.270 e. The van der Waals surface area contributed by atoms with Crippen molar-refractivity contribution in [1.29, 1.82) is 0 Å². The summed E-state index contributed by atoms with van der Waals surface area (Å²) in [5, 5.41) is 0.782. The van der Waals surface area contributed by atoms with Crippen molar-refractivity contribution in [1.82, 2.24) is 3.97 Å². The van der Waals surface area contributed by atoms with E-state index in [1.54, 1.807) is 36.4 Å².